The van der Waals surface area contributed by atoms with Gasteiger partial charge >= 0.3 is 0 Å². The molecule has 2 nitrogen and oxygen atoms in total. The van der Waals surface area contributed by atoms with Gasteiger partial charge in [0.25, 0.3) is 0 Å². The molecule has 20 heavy (non-hydrogen) atoms. The molecule has 0 aliphatic rings. The summed E-state index contributed by atoms with van der Waals surface area (Å²) in [6.07, 6.45) is 3.46. The Balaban J connectivity index is 2.21. The first-order valence-corrected chi connectivity index (χ1v) is 7.28. The average molecular weight is 328 g/mol. The second-order valence-corrected chi connectivity index (χ2v) is 5.76. The lowest BCUT2D eigenvalue weighted by molar-refractivity contribution is -0.107. The van der Waals surface area contributed by atoms with Crippen LogP contribution in [0.15, 0.2) is 53.1 Å². The molecule has 2 aromatic carbocycles. The van der Waals surface area contributed by atoms with Crippen molar-refractivity contribution < 1.29 is 4.79 Å². The van der Waals surface area contributed by atoms with E-state index in [1.165, 1.54) is 5.56 Å². The van der Waals surface area contributed by atoms with E-state index in [0.717, 1.165) is 32.9 Å². The summed E-state index contributed by atoms with van der Waals surface area (Å²) in [5, 5.41) is 1.15. The predicted octanol–water partition coefficient (Wildman–Crippen LogP) is 4.44. The van der Waals surface area contributed by atoms with Gasteiger partial charge in [-0.05, 0) is 46.6 Å². The van der Waals surface area contributed by atoms with Crippen LogP contribution in [-0.2, 0) is 11.2 Å². The molecule has 3 rings (SSSR count). The van der Waals surface area contributed by atoms with Crippen molar-refractivity contribution in [2.75, 3.05) is 0 Å². The van der Waals surface area contributed by atoms with Gasteiger partial charge in [-0.15, -0.1) is 0 Å². The van der Waals surface area contributed by atoms with Gasteiger partial charge in [0.15, 0.2) is 0 Å². The third kappa shape index (κ3) is 2.29. The van der Waals surface area contributed by atoms with Crippen LogP contribution in [-0.4, -0.2) is 10.9 Å². The molecule has 3 aromatic rings. The largest absolute Gasteiger partial charge is 0.315 e. The SMILES string of the molecule is Cc1ccc(-n2cc(Br)c3ccc(CC=O)cc32)cc1. The van der Waals surface area contributed by atoms with Crippen LogP contribution in [0.5, 0.6) is 0 Å². The number of aromatic nitrogens is 1. The number of nitrogens with zero attached hydrogens (tertiary/aromatic N) is 1. The van der Waals surface area contributed by atoms with E-state index in [1.807, 2.05) is 6.07 Å². The summed E-state index contributed by atoms with van der Waals surface area (Å²) in [7, 11) is 0. The van der Waals surface area contributed by atoms with Crippen molar-refractivity contribution in [3.8, 4) is 5.69 Å². The Hall–Kier alpha value is -1.87. The molecule has 0 fully saturated rings. The third-order valence-electron chi connectivity index (χ3n) is 3.45. The van der Waals surface area contributed by atoms with E-state index in [-0.39, 0.29) is 0 Å². The topological polar surface area (TPSA) is 22.0 Å². The zero-order valence-corrected chi connectivity index (χ0v) is 12.7. The number of carbonyl (C=O) groups is 1. The molecule has 3 heteroatoms. The Kier molecular flexibility index (Phi) is 3.45. The van der Waals surface area contributed by atoms with Crippen molar-refractivity contribution >= 4 is 33.1 Å². The van der Waals surface area contributed by atoms with Crippen molar-refractivity contribution in [1.82, 2.24) is 4.57 Å². The lowest BCUT2D eigenvalue weighted by Crippen LogP contribution is -1.93. The molecule has 0 atom stereocenters. The quantitative estimate of drug-likeness (QED) is 0.652. The number of benzene rings is 2. The minimum atomic E-state index is 0.451. The second kappa shape index (κ2) is 5.25. The molecule has 0 N–H and O–H groups in total. The van der Waals surface area contributed by atoms with Crippen LogP contribution in [0.2, 0.25) is 0 Å². The highest BCUT2D eigenvalue weighted by Crippen LogP contribution is 2.29. The van der Waals surface area contributed by atoms with E-state index in [4.69, 9.17) is 0 Å². The van der Waals surface area contributed by atoms with Crippen LogP contribution in [0.3, 0.4) is 0 Å². The first kappa shape index (κ1) is 13.1. The molecule has 0 spiro atoms. The van der Waals surface area contributed by atoms with Gasteiger partial charge in [0, 0.05) is 28.2 Å². The van der Waals surface area contributed by atoms with E-state index >= 15 is 0 Å². The smallest absolute Gasteiger partial charge is 0.124 e. The Bertz CT molecular complexity index is 772. The van der Waals surface area contributed by atoms with E-state index in [9.17, 15) is 4.79 Å². The van der Waals surface area contributed by atoms with Crippen LogP contribution < -0.4 is 0 Å². The molecule has 0 aliphatic heterocycles. The van der Waals surface area contributed by atoms with Gasteiger partial charge in [0.1, 0.15) is 6.29 Å². The van der Waals surface area contributed by atoms with Crippen molar-refractivity contribution in [1.29, 1.82) is 0 Å². The third-order valence-corrected chi connectivity index (χ3v) is 4.08. The maximum atomic E-state index is 10.7. The molecule has 0 radical (unpaired) electrons. The van der Waals surface area contributed by atoms with Gasteiger partial charge in [-0.1, -0.05) is 29.8 Å². The Labute approximate surface area is 126 Å². The van der Waals surface area contributed by atoms with Crippen LogP contribution in [0, 0.1) is 6.92 Å². The fourth-order valence-corrected chi connectivity index (χ4v) is 2.91. The average Bonchev–Trinajstić information content (AvgIpc) is 2.77. The fraction of sp³-hybridized carbons (Fsp3) is 0.118. The zero-order chi connectivity index (χ0) is 14.1. The monoisotopic (exact) mass is 327 g/mol. The predicted molar refractivity (Wildman–Crippen MR) is 85.5 cm³/mol. The van der Waals surface area contributed by atoms with Gasteiger partial charge in [-0.25, -0.2) is 0 Å². The van der Waals surface area contributed by atoms with Crippen LogP contribution in [0.4, 0.5) is 0 Å². The van der Waals surface area contributed by atoms with Gasteiger partial charge in [0.05, 0.1) is 5.52 Å². The summed E-state index contributed by atoms with van der Waals surface area (Å²) in [6, 6.07) is 14.5. The number of aldehydes is 1. The van der Waals surface area contributed by atoms with Crippen LogP contribution in [0.25, 0.3) is 16.6 Å². The molecule has 1 heterocycles. The molecule has 1 aromatic heterocycles. The maximum absolute atomic E-state index is 10.7. The Morgan fingerprint density at radius 3 is 2.60 bits per heavy atom. The number of halogens is 1. The minimum Gasteiger partial charge on any atom is -0.315 e. The van der Waals surface area contributed by atoms with E-state index in [2.05, 4.69) is 70.0 Å². The molecule has 100 valence electrons. The van der Waals surface area contributed by atoms with E-state index < -0.39 is 0 Å². The first-order chi connectivity index (χ1) is 9.69. The van der Waals surface area contributed by atoms with Gasteiger partial charge in [0.2, 0.25) is 0 Å². The normalized spacial score (nSPS) is 10.9. The molecule has 0 unspecified atom stereocenters. The number of aryl methyl sites for hydroxylation is 1. The summed E-state index contributed by atoms with van der Waals surface area (Å²) in [5.41, 5.74) is 4.51. The second-order valence-electron chi connectivity index (χ2n) is 4.90. The van der Waals surface area contributed by atoms with Crippen molar-refractivity contribution in [3.63, 3.8) is 0 Å². The van der Waals surface area contributed by atoms with Gasteiger partial charge in [-0.3, -0.25) is 0 Å². The van der Waals surface area contributed by atoms with E-state index in [1.54, 1.807) is 0 Å². The van der Waals surface area contributed by atoms with Crippen molar-refractivity contribution in [2.24, 2.45) is 0 Å². The molecular weight excluding hydrogens is 314 g/mol. The van der Waals surface area contributed by atoms with Crippen molar-refractivity contribution in [3.05, 3.63) is 64.3 Å². The summed E-state index contributed by atoms with van der Waals surface area (Å²) in [4.78, 5) is 10.7. The van der Waals surface area contributed by atoms with Gasteiger partial charge < -0.3 is 9.36 Å². The lowest BCUT2D eigenvalue weighted by atomic mass is 10.1. The van der Waals surface area contributed by atoms with E-state index in [0.29, 0.717) is 6.42 Å². The summed E-state index contributed by atoms with van der Waals surface area (Å²) in [5.74, 6) is 0. The first-order valence-electron chi connectivity index (χ1n) is 6.49. The van der Waals surface area contributed by atoms with Crippen molar-refractivity contribution in [2.45, 2.75) is 13.3 Å². The highest BCUT2D eigenvalue weighted by atomic mass is 79.9. The summed E-state index contributed by atoms with van der Waals surface area (Å²) in [6.45, 7) is 2.08. The number of hydrogen-bond acceptors (Lipinski definition) is 1. The number of fused-ring (bicyclic) bond motifs is 1. The molecular formula is C17H14BrNO. The molecule has 0 amide bonds. The number of carbonyl (C=O) groups excluding carboxylic acids is 1. The van der Waals surface area contributed by atoms with Crippen LogP contribution in [0.1, 0.15) is 11.1 Å². The maximum Gasteiger partial charge on any atom is 0.124 e. The molecule has 0 bridgehead atoms. The summed E-state index contributed by atoms with van der Waals surface area (Å²) >= 11 is 3.60. The standard InChI is InChI=1S/C17H14BrNO/c1-12-2-5-14(6-3-12)19-11-16(18)15-7-4-13(8-9-20)10-17(15)19/h2-7,9-11H,8H2,1H3. The minimum absolute atomic E-state index is 0.451. The number of rotatable bonds is 3. The summed E-state index contributed by atoms with van der Waals surface area (Å²) < 4.78 is 3.21. The van der Waals surface area contributed by atoms with Crippen LogP contribution >= 0.6 is 15.9 Å². The Morgan fingerprint density at radius 1 is 1.15 bits per heavy atom. The molecule has 0 aliphatic carbocycles. The van der Waals surface area contributed by atoms with Gasteiger partial charge in [-0.2, -0.15) is 0 Å². The highest BCUT2D eigenvalue weighted by molar-refractivity contribution is 9.10. The highest BCUT2D eigenvalue weighted by Gasteiger charge is 2.08. The zero-order valence-electron chi connectivity index (χ0n) is 11.1. The number of hydrogen-bond donors (Lipinski definition) is 0. The molecule has 0 saturated heterocycles. The molecule has 0 saturated carbocycles. The lowest BCUT2D eigenvalue weighted by Gasteiger charge is -2.06. The fourth-order valence-electron chi connectivity index (χ4n) is 2.37. The Morgan fingerprint density at radius 2 is 1.90 bits per heavy atom.